The van der Waals surface area contributed by atoms with Gasteiger partial charge in [-0.15, -0.1) is 10.2 Å². The lowest BCUT2D eigenvalue weighted by molar-refractivity contribution is 0.242. The number of amides is 2. The zero-order valence-electron chi connectivity index (χ0n) is 13.2. The van der Waals surface area contributed by atoms with Crippen molar-refractivity contribution >= 4 is 23.3 Å². The van der Waals surface area contributed by atoms with E-state index in [1.807, 2.05) is 20.8 Å². The third-order valence-electron chi connectivity index (χ3n) is 2.76. The predicted octanol–water partition coefficient (Wildman–Crippen LogP) is 3.39. The van der Waals surface area contributed by atoms with Crippen LogP contribution in [0.5, 0.6) is 5.75 Å². The molecule has 0 aliphatic rings. The number of hydrogen-bond acceptors (Lipinski definition) is 5. The summed E-state index contributed by atoms with van der Waals surface area (Å²) in [6.07, 6.45) is 0.680. The second-order valence-electron chi connectivity index (χ2n) is 5.06. The average Bonchev–Trinajstić information content (AvgIpc) is 2.96. The summed E-state index contributed by atoms with van der Waals surface area (Å²) in [7, 11) is 0. The number of benzene rings is 1. The van der Waals surface area contributed by atoms with Gasteiger partial charge in [0.05, 0.1) is 17.7 Å². The van der Waals surface area contributed by atoms with Crippen molar-refractivity contribution in [3.63, 3.8) is 0 Å². The molecule has 7 nitrogen and oxygen atoms in total. The summed E-state index contributed by atoms with van der Waals surface area (Å²) in [5.41, 5.74) is 0.559. The molecular weight excluding hydrogens is 320 g/mol. The molecule has 23 heavy (non-hydrogen) atoms. The lowest BCUT2D eigenvalue weighted by Gasteiger charge is -2.12. The summed E-state index contributed by atoms with van der Waals surface area (Å²) in [4.78, 5) is 11.8. The number of carbonyl (C=O) groups excluding carboxylic acids is 1. The number of nitrogens with zero attached hydrogens (tertiary/aromatic N) is 2. The second kappa shape index (κ2) is 7.82. The van der Waals surface area contributed by atoms with Crippen molar-refractivity contribution in [2.24, 2.45) is 0 Å². The molecule has 2 N–H and O–H groups in total. The van der Waals surface area contributed by atoms with E-state index in [-0.39, 0.29) is 12.6 Å². The van der Waals surface area contributed by atoms with Gasteiger partial charge in [0.1, 0.15) is 5.75 Å². The number of nitrogens with one attached hydrogen (secondary N) is 2. The minimum absolute atomic E-state index is 0.0250. The quantitative estimate of drug-likeness (QED) is 0.842. The molecule has 0 saturated carbocycles. The Morgan fingerprint density at radius 1 is 1.35 bits per heavy atom. The molecule has 0 aliphatic heterocycles. The van der Waals surface area contributed by atoms with Crippen LogP contribution >= 0.6 is 11.6 Å². The van der Waals surface area contributed by atoms with E-state index in [0.717, 1.165) is 0 Å². The summed E-state index contributed by atoms with van der Waals surface area (Å²) < 4.78 is 10.8. The Balaban J connectivity index is 1.88. The highest BCUT2D eigenvalue weighted by Gasteiger charge is 2.09. The average molecular weight is 339 g/mol. The Labute approximate surface area is 139 Å². The second-order valence-corrected chi connectivity index (χ2v) is 5.47. The molecule has 0 bridgehead atoms. The van der Waals surface area contributed by atoms with E-state index in [9.17, 15) is 4.79 Å². The molecule has 2 amide bonds. The van der Waals surface area contributed by atoms with Gasteiger partial charge in [-0.3, -0.25) is 0 Å². The van der Waals surface area contributed by atoms with E-state index < -0.39 is 6.03 Å². The standard InChI is InChI=1S/C15H19ClN4O3/c1-4-13-19-20-14(23-13)8-17-15(21)18-10-5-6-12(11(16)7-10)22-9(2)3/h5-7,9H,4,8H2,1-3H3,(H2,17,18,21). The van der Waals surface area contributed by atoms with Crippen LogP contribution < -0.4 is 15.4 Å². The maximum Gasteiger partial charge on any atom is 0.319 e. The van der Waals surface area contributed by atoms with Crippen molar-refractivity contribution < 1.29 is 13.9 Å². The van der Waals surface area contributed by atoms with Crippen LogP contribution in [0.15, 0.2) is 22.6 Å². The molecule has 0 saturated heterocycles. The number of aryl methyl sites for hydroxylation is 1. The van der Waals surface area contributed by atoms with Gasteiger partial charge < -0.3 is 19.8 Å². The fraction of sp³-hybridized carbons (Fsp3) is 0.400. The van der Waals surface area contributed by atoms with Gasteiger partial charge in [-0.1, -0.05) is 18.5 Å². The van der Waals surface area contributed by atoms with Crippen LogP contribution in [0.3, 0.4) is 0 Å². The normalized spacial score (nSPS) is 10.7. The Morgan fingerprint density at radius 2 is 2.09 bits per heavy atom. The molecule has 8 heteroatoms. The van der Waals surface area contributed by atoms with Crippen LogP contribution in [-0.2, 0) is 13.0 Å². The number of halogens is 1. The molecule has 124 valence electrons. The molecule has 0 spiro atoms. The molecule has 2 rings (SSSR count). The van der Waals surface area contributed by atoms with Crippen LogP contribution in [-0.4, -0.2) is 22.3 Å². The third-order valence-corrected chi connectivity index (χ3v) is 3.06. The third kappa shape index (κ3) is 5.14. The van der Waals surface area contributed by atoms with Gasteiger partial charge in [-0.25, -0.2) is 4.79 Å². The maximum absolute atomic E-state index is 11.8. The van der Waals surface area contributed by atoms with Crippen LogP contribution in [0, 0.1) is 0 Å². The van der Waals surface area contributed by atoms with Crippen LogP contribution in [0.25, 0.3) is 0 Å². The molecule has 1 heterocycles. The predicted molar refractivity (Wildman–Crippen MR) is 86.8 cm³/mol. The van der Waals surface area contributed by atoms with Gasteiger partial charge in [0.2, 0.25) is 11.8 Å². The molecule has 1 aromatic heterocycles. The highest BCUT2D eigenvalue weighted by molar-refractivity contribution is 6.32. The Kier molecular flexibility index (Phi) is 5.81. The number of rotatable bonds is 6. The fourth-order valence-corrected chi connectivity index (χ4v) is 1.99. The smallest absolute Gasteiger partial charge is 0.319 e. The van der Waals surface area contributed by atoms with Gasteiger partial charge in [0, 0.05) is 12.1 Å². The summed E-state index contributed by atoms with van der Waals surface area (Å²) in [6.45, 7) is 5.89. The van der Waals surface area contributed by atoms with E-state index in [1.165, 1.54) is 0 Å². The van der Waals surface area contributed by atoms with Crippen LogP contribution in [0.2, 0.25) is 5.02 Å². The largest absolute Gasteiger partial charge is 0.489 e. The molecule has 0 fully saturated rings. The molecule has 0 radical (unpaired) electrons. The maximum atomic E-state index is 11.8. The molecule has 2 aromatic rings. The van der Waals surface area contributed by atoms with Crippen molar-refractivity contribution in [3.05, 3.63) is 35.0 Å². The topological polar surface area (TPSA) is 89.3 Å². The number of anilines is 1. The van der Waals surface area contributed by atoms with E-state index in [1.54, 1.807) is 18.2 Å². The number of urea groups is 1. The number of aromatic nitrogens is 2. The summed E-state index contributed by atoms with van der Waals surface area (Å²) in [5, 5.41) is 13.4. The number of ether oxygens (including phenoxy) is 1. The lowest BCUT2D eigenvalue weighted by Crippen LogP contribution is -2.28. The van der Waals surface area contributed by atoms with Crippen molar-refractivity contribution in [2.75, 3.05) is 5.32 Å². The van der Waals surface area contributed by atoms with Crippen molar-refractivity contribution in [1.29, 1.82) is 0 Å². The van der Waals surface area contributed by atoms with Gasteiger partial charge in [-0.05, 0) is 32.0 Å². The summed E-state index contributed by atoms with van der Waals surface area (Å²) >= 11 is 6.12. The van der Waals surface area contributed by atoms with Crippen molar-refractivity contribution in [2.45, 2.75) is 39.8 Å². The van der Waals surface area contributed by atoms with Gasteiger partial charge in [0.25, 0.3) is 0 Å². The van der Waals surface area contributed by atoms with E-state index in [2.05, 4.69) is 20.8 Å². The van der Waals surface area contributed by atoms with E-state index >= 15 is 0 Å². The fourth-order valence-electron chi connectivity index (χ4n) is 1.76. The SMILES string of the molecule is CCc1nnc(CNC(=O)Nc2ccc(OC(C)C)c(Cl)c2)o1. The molecule has 1 aromatic carbocycles. The Hall–Kier alpha value is -2.28. The van der Waals surface area contributed by atoms with Crippen molar-refractivity contribution in [1.82, 2.24) is 15.5 Å². The highest BCUT2D eigenvalue weighted by atomic mass is 35.5. The van der Waals surface area contributed by atoms with Gasteiger partial charge in [-0.2, -0.15) is 0 Å². The Morgan fingerprint density at radius 3 is 2.70 bits per heavy atom. The molecule has 0 aliphatic carbocycles. The first-order valence-electron chi connectivity index (χ1n) is 7.30. The lowest BCUT2D eigenvalue weighted by atomic mass is 10.3. The van der Waals surface area contributed by atoms with Crippen LogP contribution in [0.1, 0.15) is 32.6 Å². The van der Waals surface area contributed by atoms with Gasteiger partial charge in [0.15, 0.2) is 0 Å². The molecule has 0 atom stereocenters. The minimum Gasteiger partial charge on any atom is -0.489 e. The number of hydrogen-bond donors (Lipinski definition) is 2. The molecule has 0 unspecified atom stereocenters. The van der Waals surface area contributed by atoms with E-state index in [0.29, 0.717) is 34.7 Å². The minimum atomic E-state index is -0.394. The molecular formula is C15H19ClN4O3. The number of carbonyl (C=O) groups is 1. The first-order chi connectivity index (χ1) is 11.0. The summed E-state index contributed by atoms with van der Waals surface area (Å²) in [6, 6.07) is 4.66. The first kappa shape index (κ1) is 17.1. The Bertz CT molecular complexity index is 672. The zero-order chi connectivity index (χ0) is 16.8. The summed E-state index contributed by atoms with van der Waals surface area (Å²) in [5.74, 6) is 1.47. The van der Waals surface area contributed by atoms with E-state index in [4.69, 9.17) is 20.8 Å². The van der Waals surface area contributed by atoms with Crippen molar-refractivity contribution in [3.8, 4) is 5.75 Å². The first-order valence-corrected chi connectivity index (χ1v) is 7.68. The monoisotopic (exact) mass is 338 g/mol. The zero-order valence-corrected chi connectivity index (χ0v) is 14.0. The van der Waals surface area contributed by atoms with Gasteiger partial charge >= 0.3 is 6.03 Å². The van der Waals surface area contributed by atoms with Crippen LogP contribution in [0.4, 0.5) is 10.5 Å². The highest BCUT2D eigenvalue weighted by Crippen LogP contribution is 2.28.